The average Bonchev–Trinajstić information content (AvgIpc) is 3.05. The molecule has 6 nitrogen and oxygen atoms in total. The van der Waals surface area contributed by atoms with Gasteiger partial charge in [-0.2, -0.15) is 0 Å². The molecule has 1 fully saturated rings. The smallest absolute Gasteiger partial charge is 0.292 e. The van der Waals surface area contributed by atoms with Crippen LogP contribution in [0.5, 0.6) is 0 Å². The van der Waals surface area contributed by atoms with Crippen LogP contribution in [0.2, 0.25) is 0 Å². The second-order valence-electron chi connectivity index (χ2n) is 6.43. The van der Waals surface area contributed by atoms with Gasteiger partial charge in [-0.1, -0.05) is 35.0 Å². The van der Waals surface area contributed by atoms with E-state index in [1.54, 1.807) is 11.0 Å². The molecule has 1 saturated heterocycles. The first-order chi connectivity index (χ1) is 11.5. The predicted molar refractivity (Wildman–Crippen MR) is 89.1 cm³/mol. The number of hydrogen-bond acceptors (Lipinski definition) is 4. The minimum atomic E-state index is -0.363. The van der Waals surface area contributed by atoms with E-state index >= 15 is 0 Å². The van der Waals surface area contributed by atoms with E-state index in [1.807, 2.05) is 38.1 Å². The highest BCUT2D eigenvalue weighted by Crippen LogP contribution is 2.25. The van der Waals surface area contributed by atoms with Gasteiger partial charge >= 0.3 is 0 Å². The van der Waals surface area contributed by atoms with E-state index in [2.05, 4.69) is 5.16 Å². The van der Waals surface area contributed by atoms with Crippen LogP contribution in [0.3, 0.4) is 0 Å². The van der Waals surface area contributed by atoms with Gasteiger partial charge in [0.15, 0.2) is 0 Å². The summed E-state index contributed by atoms with van der Waals surface area (Å²) in [5, 5.41) is 4.00. The second-order valence-corrected chi connectivity index (χ2v) is 6.43. The third-order valence-electron chi connectivity index (χ3n) is 4.61. The Kier molecular flexibility index (Phi) is 4.38. The number of nitrogens with zero attached hydrogens (tertiary/aromatic N) is 2. The summed E-state index contributed by atoms with van der Waals surface area (Å²) in [6.45, 7) is 4.30. The van der Waals surface area contributed by atoms with Gasteiger partial charge in [-0.15, -0.1) is 0 Å². The molecule has 1 aliphatic heterocycles. The van der Waals surface area contributed by atoms with Gasteiger partial charge in [0.25, 0.3) is 5.91 Å². The van der Waals surface area contributed by atoms with Crippen molar-refractivity contribution in [1.82, 2.24) is 10.1 Å². The summed E-state index contributed by atoms with van der Waals surface area (Å²) in [6.07, 6.45) is 1.46. The molecule has 0 spiro atoms. The average molecular weight is 327 g/mol. The SMILES string of the molecule is Cc1ccc(-c2cc(C(=O)N3C[C@@H](C(N)=O)CC[C@@H]3C)on2)cc1. The summed E-state index contributed by atoms with van der Waals surface area (Å²) in [7, 11) is 0. The van der Waals surface area contributed by atoms with Crippen LogP contribution in [0.1, 0.15) is 35.9 Å². The Bertz CT molecular complexity index is 751. The number of hydrogen-bond donors (Lipinski definition) is 1. The zero-order valence-electron chi connectivity index (χ0n) is 13.9. The summed E-state index contributed by atoms with van der Waals surface area (Å²) in [4.78, 5) is 25.8. The lowest BCUT2D eigenvalue weighted by Crippen LogP contribution is -2.48. The van der Waals surface area contributed by atoms with E-state index in [0.29, 0.717) is 18.7 Å². The molecule has 0 unspecified atom stereocenters. The molecule has 2 atom stereocenters. The molecule has 0 saturated carbocycles. The molecule has 3 rings (SSSR count). The molecule has 2 N–H and O–H groups in total. The van der Waals surface area contributed by atoms with Gasteiger partial charge < -0.3 is 15.2 Å². The van der Waals surface area contributed by atoms with Gasteiger partial charge in [0.1, 0.15) is 5.69 Å². The number of amides is 2. The van der Waals surface area contributed by atoms with Crippen LogP contribution in [0, 0.1) is 12.8 Å². The minimum absolute atomic E-state index is 0.0426. The van der Waals surface area contributed by atoms with Crippen molar-refractivity contribution in [1.29, 1.82) is 0 Å². The summed E-state index contributed by atoms with van der Waals surface area (Å²) in [5.41, 5.74) is 8.06. The highest BCUT2D eigenvalue weighted by Gasteiger charge is 2.33. The molecule has 24 heavy (non-hydrogen) atoms. The van der Waals surface area contributed by atoms with Crippen molar-refractivity contribution in [3.63, 3.8) is 0 Å². The molecule has 1 aliphatic rings. The Hall–Kier alpha value is -2.63. The zero-order chi connectivity index (χ0) is 17.3. The van der Waals surface area contributed by atoms with Crippen molar-refractivity contribution in [3.8, 4) is 11.3 Å². The van der Waals surface area contributed by atoms with Crippen molar-refractivity contribution in [2.75, 3.05) is 6.54 Å². The molecule has 2 heterocycles. The fraction of sp³-hybridized carbons (Fsp3) is 0.389. The van der Waals surface area contributed by atoms with Gasteiger partial charge in [0.05, 0.1) is 5.92 Å². The maximum absolute atomic E-state index is 12.7. The van der Waals surface area contributed by atoms with Gasteiger partial charge in [-0.3, -0.25) is 9.59 Å². The van der Waals surface area contributed by atoms with E-state index in [4.69, 9.17) is 10.3 Å². The summed E-state index contributed by atoms with van der Waals surface area (Å²) >= 11 is 0. The molecule has 0 bridgehead atoms. The van der Waals surface area contributed by atoms with Crippen molar-refractivity contribution < 1.29 is 14.1 Å². The maximum atomic E-state index is 12.7. The molecule has 6 heteroatoms. The van der Waals surface area contributed by atoms with E-state index < -0.39 is 0 Å². The number of piperidine rings is 1. The molecular formula is C18H21N3O3. The van der Waals surface area contributed by atoms with E-state index in [-0.39, 0.29) is 29.5 Å². The Labute approximate surface area is 140 Å². The van der Waals surface area contributed by atoms with Crippen LogP contribution >= 0.6 is 0 Å². The highest BCUT2D eigenvalue weighted by molar-refractivity contribution is 5.93. The van der Waals surface area contributed by atoms with Gasteiger partial charge in [-0.05, 0) is 26.7 Å². The van der Waals surface area contributed by atoms with Crippen LogP contribution in [-0.4, -0.2) is 34.5 Å². The van der Waals surface area contributed by atoms with Crippen LogP contribution in [0.15, 0.2) is 34.9 Å². The van der Waals surface area contributed by atoms with Gasteiger partial charge in [0.2, 0.25) is 11.7 Å². The first kappa shape index (κ1) is 16.2. The number of likely N-dealkylation sites (tertiary alicyclic amines) is 1. The predicted octanol–water partition coefficient (Wildman–Crippen LogP) is 2.38. The Morgan fingerprint density at radius 1 is 1.25 bits per heavy atom. The number of aryl methyl sites for hydroxylation is 1. The minimum Gasteiger partial charge on any atom is -0.369 e. The normalized spacial score (nSPS) is 20.8. The third-order valence-corrected chi connectivity index (χ3v) is 4.61. The number of carbonyl (C=O) groups excluding carboxylic acids is 2. The Morgan fingerprint density at radius 2 is 1.96 bits per heavy atom. The number of primary amides is 1. The van der Waals surface area contributed by atoms with Crippen LogP contribution in [-0.2, 0) is 4.79 Å². The van der Waals surface area contributed by atoms with E-state index in [0.717, 1.165) is 17.5 Å². The van der Waals surface area contributed by atoms with Crippen molar-refractivity contribution in [3.05, 3.63) is 41.7 Å². The highest BCUT2D eigenvalue weighted by atomic mass is 16.5. The van der Waals surface area contributed by atoms with Crippen molar-refractivity contribution in [2.45, 2.75) is 32.7 Å². The summed E-state index contributed by atoms with van der Waals surface area (Å²) < 4.78 is 5.25. The first-order valence-corrected chi connectivity index (χ1v) is 8.09. The zero-order valence-corrected chi connectivity index (χ0v) is 13.9. The topological polar surface area (TPSA) is 89.4 Å². The van der Waals surface area contributed by atoms with Crippen LogP contribution in [0.25, 0.3) is 11.3 Å². The molecule has 2 amide bonds. The number of carbonyl (C=O) groups is 2. The number of benzene rings is 1. The second kappa shape index (κ2) is 6.47. The van der Waals surface area contributed by atoms with Crippen molar-refractivity contribution >= 4 is 11.8 Å². The number of aromatic nitrogens is 1. The fourth-order valence-corrected chi connectivity index (χ4v) is 3.00. The van der Waals surface area contributed by atoms with Gasteiger partial charge in [0, 0.05) is 24.2 Å². The first-order valence-electron chi connectivity index (χ1n) is 8.09. The van der Waals surface area contributed by atoms with Gasteiger partial charge in [-0.25, -0.2) is 0 Å². The standard InChI is InChI=1S/C18H21N3O3/c1-11-3-6-13(7-4-11)15-9-16(24-20-15)18(23)21-10-14(17(19)22)8-5-12(21)2/h3-4,6-7,9,12,14H,5,8,10H2,1-2H3,(H2,19,22)/t12-,14-/m0/s1. The summed E-state index contributed by atoms with van der Waals surface area (Å²) in [5.74, 6) is -0.732. The lowest BCUT2D eigenvalue weighted by Gasteiger charge is -2.36. The molecule has 126 valence electrons. The number of nitrogens with two attached hydrogens (primary N) is 1. The number of rotatable bonds is 3. The fourth-order valence-electron chi connectivity index (χ4n) is 3.00. The maximum Gasteiger partial charge on any atom is 0.292 e. The lowest BCUT2D eigenvalue weighted by atomic mass is 9.92. The van der Waals surface area contributed by atoms with Crippen molar-refractivity contribution in [2.24, 2.45) is 11.7 Å². The van der Waals surface area contributed by atoms with Crippen LogP contribution in [0.4, 0.5) is 0 Å². The third kappa shape index (κ3) is 3.18. The summed E-state index contributed by atoms with van der Waals surface area (Å²) in [6, 6.07) is 9.53. The van der Waals surface area contributed by atoms with E-state index in [1.165, 1.54) is 0 Å². The quantitative estimate of drug-likeness (QED) is 0.937. The Morgan fingerprint density at radius 3 is 2.62 bits per heavy atom. The lowest BCUT2D eigenvalue weighted by molar-refractivity contribution is -0.123. The monoisotopic (exact) mass is 327 g/mol. The molecular weight excluding hydrogens is 306 g/mol. The molecule has 0 aliphatic carbocycles. The van der Waals surface area contributed by atoms with Crippen LogP contribution < -0.4 is 5.73 Å². The Balaban J connectivity index is 1.80. The molecule has 2 aromatic rings. The molecule has 1 aromatic heterocycles. The molecule has 0 radical (unpaired) electrons. The van der Waals surface area contributed by atoms with E-state index in [9.17, 15) is 9.59 Å². The largest absolute Gasteiger partial charge is 0.369 e. The molecule has 1 aromatic carbocycles.